The number of primary amides is 1. The summed E-state index contributed by atoms with van der Waals surface area (Å²) in [6, 6.07) is 5.89. The fourth-order valence-corrected chi connectivity index (χ4v) is 7.62. The highest BCUT2D eigenvalue weighted by atomic mass is 19.1. The third-order valence-electron chi connectivity index (χ3n) is 11.6. The maximum atomic E-state index is 15.3. The molecule has 10 N–H and O–H groups in total. The van der Waals surface area contributed by atoms with E-state index in [2.05, 4.69) is 26.6 Å². The summed E-state index contributed by atoms with van der Waals surface area (Å²) in [5.74, 6) is -10.4. The van der Waals surface area contributed by atoms with E-state index in [-0.39, 0.29) is 17.7 Å². The number of aliphatic hydroxyl groups excluding tert-OH is 1. The summed E-state index contributed by atoms with van der Waals surface area (Å²) in [5, 5.41) is 41.2. The van der Waals surface area contributed by atoms with Gasteiger partial charge in [-0.3, -0.25) is 38.4 Å². The maximum absolute atomic E-state index is 15.3. The van der Waals surface area contributed by atoms with Crippen LogP contribution in [0.3, 0.4) is 0 Å². The number of carbonyl (C=O) groups is 9. The molecular weight excluding hydrogens is 933 g/mol. The largest absolute Gasteiger partial charge is 0.481 e. The van der Waals surface area contributed by atoms with Gasteiger partial charge in [0.2, 0.25) is 41.4 Å². The van der Waals surface area contributed by atoms with Crippen LogP contribution in [-0.4, -0.2) is 147 Å². The smallest absolute Gasteiger partial charge is 0.326 e. The Morgan fingerprint density at radius 3 is 2.04 bits per heavy atom. The highest BCUT2D eigenvalue weighted by Gasteiger charge is 2.39. The van der Waals surface area contributed by atoms with Crippen LogP contribution in [0.5, 0.6) is 0 Å². The van der Waals surface area contributed by atoms with Crippen LogP contribution >= 0.6 is 0 Å². The molecule has 3 aromatic rings. The predicted octanol–water partition coefficient (Wildman–Crippen LogP) is 1.02. The maximum Gasteiger partial charge on any atom is 0.326 e. The van der Waals surface area contributed by atoms with Crippen LogP contribution in [0.4, 0.5) is 8.78 Å². The summed E-state index contributed by atoms with van der Waals surface area (Å²) < 4.78 is 31.7. The molecule has 0 spiro atoms. The monoisotopic (exact) mass is 997 g/mol. The third kappa shape index (κ3) is 17.3. The number of carbonyl (C=O) groups excluding carboxylic acids is 7. The number of hydrogen-bond donors (Lipinski definition) is 9. The Balaban J connectivity index is 2.09. The van der Waals surface area contributed by atoms with Crippen molar-refractivity contribution in [1.82, 2.24) is 41.0 Å². The zero-order valence-electron chi connectivity index (χ0n) is 40.8. The van der Waals surface area contributed by atoms with Crippen molar-refractivity contribution in [2.45, 2.75) is 110 Å². The number of halogens is 2. The van der Waals surface area contributed by atoms with E-state index in [0.717, 1.165) is 28.7 Å². The quantitative estimate of drug-likeness (QED) is 0.0516. The van der Waals surface area contributed by atoms with Crippen LogP contribution in [-0.2, 0) is 49.7 Å². The number of carboxylic acids is 2. The minimum atomic E-state index is -1.71. The number of amides is 7. The number of nitrogens with two attached hydrogens (primary N) is 1. The molecule has 6 atom stereocenters. The summed E-state index contributed by atoms with van der Waals surface area (Å²) in [7, 11) is 2.89. The normalized spacial score (nSPS) is 13.8. The molecule has 1 heterocycles. The molecule has 2 aromatic carbocycles. The van der Waals surface area contributed by atoms with Gasteiger partial charge in [0, 0.05) is 62.5 Å². The summed E-state index contributed by atoms with van der Waals surface area (Å²) >= 11 is 0. The number of aromatic nitrogens is 1. The van der Waals surface area contributed by atoms with Crippen molar-refractivity contribution < 1.29 is 67.3 Å². The Morgan fingerprint density at radius 2 is 1.46 bits per heavy atom. The van der Waals surface area contributed by atoms with Crippen molar-refractivity contribution in [2.24, 2.45) is 11.1 Å². The van der Waals surface area contributed by atoms with Gasteiger partial charge in [0.15, 0.2) is 0 Å². The average molecular weight is 998 g/mol. The van der Waals surface area contributed by atoms with E-state index in [4.69, 9.17) is 10.8 Å². The molecule has 0 saturated heterocycles. The van der Waals surface area contributed by atoms with Gasteiger partial charge in [-0.25, -0.2) is 13.6 Å². The van der Waals surface area contributed by atoms with E-state index in [1.54, 1.807) is 56.7 Å². The molecule has 388 valence electrons. The Labute approximate surface area is 409 Å². The first kappa shape index (κ1) is 58.0. The number of benzene rings is 2. The molecular formula is C48H65F2N9O12. The Bertz CT molecular complexity index is 2390. The van der Waals surface area contributed by atoms with Crippen molar-refractivity contribution in [3.05, 3.63) is 83.7 Å². The first-order valence-electron chi connectivity index (χ1n) is 22.7. The number of carboxylic acid groups (broad SMARTS) is 2. The Kier molecular flexibility index (Phi) is 21.8. The number of rotatable bonds is 27. The lowest BCUT2D eigenvalue weighted by Gasteiger charge is -2.41. The molecule has 0 aliphatic heterocycles. The lowest BCUT2D eigenvalue weighted by atomic mass is 9.82. The van der Waals surface area contributed by atoms with Crippen molar-refractivity contribution in [3.63, 3.8) is 0 Å². The second kappa shape index (κ2) is 26.6. The molecule has 23 heteroatoms. The molecule has 71 heavy (non-hydrogen) atoms. The van der Waals surface area contributed by atoms with E-state index >= 15 is 4.39 Å². The molecule has 1 aromatic heterocycles. The molecule has 0 saturated carbocycles. The standard InChI is InChI=1S/C48H65F2N9O12/c1-27(52-6)46(69)57(7)28(2)43(66)56-36(23-38(51)61)45(68)55-34(44(67)53-19-17-39(62)54-35(47(70)71)15-16-41(64)65)18-20-59(40(63)26-60)42(48(3,4)5)37-21-30(32-22-31(49)13-14-33(32)50)25-58(37)24-29-11-9-8-10-12-29/h8-14,21-22,25,27-28,34-36,42,52,60H,15-20,23-24,26H2,1-7H3,(H2,51,61)(H,53,67)(H,54,62)(H,55,68)(H,56,66)(H,64,65)(H,70,71)/t27-,28-,34-,35+,36-,42-/m0/s1. The number of nitrogens with zero attached hydrogens (tertiary/aromatic N) is 3. The Morgan fingerprint density at radius 1 is 0.817 bits per heavy atom. The van der Waals surface area contributed by atoms with E-state index in [0.29, 0.717) is 5.69 Å². The van der Waals surface area contributed by atoms with Gasteiger partial charge in [0.25, 0.3) is 0 Å². The van der Waals surface area contributed by atoms with Crippen LogP contribution in [0.2, 0.25) is 0 Å². The van der Waals surface area contributed by atoms with Crippen LogP contribution in [0.25, 0.3) is 11.1 Å². The first-order chi connectivity index (χ1) is 33.3. The number of hydrogen-bond acceptors (Lipinski definition) is 11. The highest BCUT2D eigenvalue weighted by molar-refractivity contribution is 5.96. The summed E-state index contributed by atoms with van der Waals surface area (Å²) in [5.41, 5.74) is 5.96. The number of aliphatic carboxylic acids is 2. The number of nitrogens with one attached hydrogen (secondary N) is 5. The molecule has 0 aliphatic carbocycles. The zero-order chi connectivity index (χ0) is 53.3. The lowest BCUT2D eigenvalue weighted by molar-refractivity contribution is -0.143. The third-order valence-corrected chi connectivity index (χ3v) is 11.6. The molecule has 0 radical (unpaired) electrons. The van der Waals surface area contributed by atoms with Crippen LogP contribution in [0.15, 0.2) is 60.8 Å². The highest BCUT2D eigenvalue weighted by Crippen LogP contribution is 2.41. The minimum Gasteiger partial charge on any atom is -0.481 e. The topological polar surface area (TPSA) is 312 Å². The predicted molar refractivity (Wildman–Crippen MR) is 253 cm³/mol. The summed E-state index contributed by atoms with van der Waals surface area (Å²) in [6.45, 7) is 6.59. The van der Waals surface area contributed by atoms with E-state index in [1.807, 2.05) is 18.2 Å². The van der Waals surface area contributed by atoms with Crippen molar-refractivity contribution in [2.75, 3.05) is 33.8 Å². The van der Waals surface area contributed by atoms with Gasteiger partial charge in [-0.15, -0.1) is 0 Å². The second-order valence-electron chi connectivity index (χ2n) is 18.1. The van der Waals surface area contributed by atoms with Gasteiger partial charge in [-0.1, -0.05) is 51.1 Å². The van der Waals surface area contributed by atoms with E-state index in [1.165, 1.54) is 25.9 Å². The molecule has 0 bridgehead atoms. The van der Waals surface area contributed by atoms with Crippen molar-refractivity contribution >= 4 is 53.3 Å². The van der Waals surface area contributed by atoms with Gasteiger partial charge in [-0.2, -0.15) is 0 Å². The molecule has 0 unspecified atom stereocenters. The molecule has 0 aliphatic rings. The fourth-order valence-electron chi connectivity index (χ4n) is 7.62. The van der Waals surface area contributed by atoms with Gasteiger partial charge in [0.1, 0.15) is 42.4 Å². The van der Waals surface area contributed by atoms with E-state index in [9.17, 15) is 57.8 Å². The van der Waals surface area contributed by atoms with Gasteiger partial charge in [-0.05, 0) is 69.0 Å². The number of likely N-dealkylation sites (N-methyl/N-ethyl adjacent to an activating group) is 2. The Hall–Kier alpha value is -7.27. The van der Waals surface area contributed by atoms with Gasteiger partial charge < -0.3 is 62.0 Å². The summed E-state index contributed by atoms with van der Waals surface area (Å²) in [4.78, 5) is 119. The number of aliphatic hydroxyl groups is 1. The SMILES string of the molecule is CN[C@@H](C)C(=O)N(C)[C@@H](C)C(=O)N[C@@H](CC(N)=O)C(=O)N[C@@H](CCN(C(=O)CO)[C@@H](c1cc(-c2cc(F)ccc2F)cn1Cc1ccccc1)C(C)(C)C)C(=O)NCCC(=O)N[C@H](CCC(=O)O)C(=O)O. The lowest BCUT2D eigenvalue weighted by Crippen LogP contribution is -2.58. The van der Waals surface area contributed by atoms with E-state index < -0.39 is 158 Å². The molecule has 3 rings (SSSR count). The van der Waals surface area contributed by atoms with Crippen LogP contribution in [0, 0.1) is 17.0 Å². The molecule has 0 fully saturated rings. The van der Waals surface area contributed by atoms with Crippen LogP contribution in [0.1, 0.15) is 84.0 Å². The van der Waals surface area contributed by atoms with Gasteiger partial charge in [0.05, 0.1) is 18.5 Å². The van der Waals surface area contributed by atoms with Gasteiger partial charge >= 0.3 is 11.9 Å². The van der Waals surface area contributed by atoms with Crippen LogP contribution < -0.4 is 32.3 Å². The zero-order valence-corrected chi connectivity index (χ0v) is 40.8. The minimum absolute atomic E-state index is 0.0737. The molecule has 21 nitrogen and oxygen atoms in total. The van der Waals surface area contributed by atoms with Crippen molar-refractivity contribution in [3.8, 4) is 11.1 Å². The average Bonchev–Trinajstić information content (AvgIpc) is 3.71. The first-order valence-corrected chi connectivity index (χ1v) is 22.7. The van der Waals surface area contributed by atoms with Crippen molar-refractivity contribution in [1.29, 1.82) is 0 Å². The molecule has 7 amide bonds. The fraction of sp³-hybridized carbons (Fsp3) is 0.479. The summed E-state index contributed by atoms with van der Waals surface area (Å²) in [6.07, 6.45) is -1.12. The second-order valence-corrected chi connectivity index (χ2v) is 18.1.